The van der Waals surface area contributed by atoms with Crippen molar-refractivity contribution in [3.8, 4) is 0 Å². The normalized spacial score (nSPS) is 22.5. The Morgan fingerprint density at radius 1 is 1.53 bits per heavy atom. The minimum Gasteiger partial charge on any atom is -0.328 e. The molecule has 0 saturated carbocycles. The Kier molecular flexibility index (Phi) is 3.05. The lowest BCUT2D eigenvalue weighted by atomic mass is 9.92. The van der Waals surface area contributed by atoms with E-state index in [1.54, 1.807) is 0 Å². The maximum absolute atomic E-state index is 5.86. The van der Waals surface area contributed by atoms with Gasteiger partial charge in [0.05, 0.1) is 0 Å². The summed E-state index contributed by atoms with van der Waals surface area (Å²) in [4.78, 5) is 0. The second-order valence-corrected chi connectivity index (χ2v) is 4.53. The molecule has 0 aliphatic carbocycles. The van der Waals surface area contributed by atoms with Gasteiger partial charge in [0, 0.05) is 24.9 Å². The van der Waals surface area contributed by atoms with Crippen LogP contribution in [0.4, 0.5) is 0 Å². The molecule has 1 aromatic heterocycles. The Labute approximate surface area is 90.9 Å². The van der Waals surface area contributed by atoms with Crippen molar-refractivity contribution in [3.63, 3.8) is 0 Å². The van der Waals surface area contributed by atoms with Crippen molar-refractivity contribution in [2.75, 3.05) is 0 Å². The van der Waals surface area contributed by atoms with Crippen molar-refractivity contribution < 1.29 is 0 Å². The van der Waals surface area contributed by atoms with Gasteiger partial charge in [0.15, 0.2) is 0 Å². The molecule has 4 heteroatoms. The molecule has 84 valence electrons. The maximum Gasteiger partial charge on any atom is 0.136 e. The van der Waals surface area contributed by atoms with E-state index in [0.29, 0.717) is 5.92 Å². The fourth-order valence-electron chi connectivity index (χ4n) is 2.45. The molecule has 15 heavy (non-hydrogen) atoms. The molecule has 0 fully saturated rings. The van der Waals surface area contributed by atoms with Crippen LogP contribution in [0.1, 0.15) is 50.7 Å². The molecule has 4 nitrogen and oxygen atoms in total. The van der Waals surface area contributed by atoms with Gasteiger partial charge < -0.3 is 10.3 Å². The van der Waals surface area contributed by atoms with E-state index < -0.39 is 0 Å². The van der Waals surface area contributed by atoms with Crippen LogP contribution < -0.4 is 5.73 Å². The lowest BCUT2D eigenvalue weighted by molar-refractivity contribution is 0.401. The number of nitrogens with zero attached hydrogens (tertiary/aromatic N) is 3. The van der Waals surface area contributed by atoms with E-state index in [-0.39, 0.29) is 6.04 Å². The molecule has 1 aliphatic heterocycles. The summed E-state index contributed by atoms with van der Waals surface area (Å²) >= 11 is 0. The van der Waals surface area contributed by atoms with Crippen molar-refractivity contribution in [1.82, 2.24) is 14.8 Å². The van der Waals surface area contributed by atoms with Gasteiger partial charge in [0.25, 0.3) is 0 Å². The van der Waals surface area contributed by atoms with Crippen LogP contribution in [0.3, 0.4) is 0 Å². The monoisotopic (exact) mass is 208 g/mol. The lowest BCUT2D eigenvalue weighted by Crippen LogP contribution is -2.24. The summed E-state index contributed by atoms with van der Waals surface area (Å²) in [6, 6.07) is 0.253. The van der Waals surface area contributed by atoms with Gasteiger partial charge in [-0.1, -0.05) is 6.92 Å². The van der Waals surface area contributed by atoms with Gasteiger partial charge in [-0.2, -0.15) is 0 Å². The topological polar surface area (TPSA) is 56.7 Å². The molecule has 0 aromatic carbocycles. The van der Waals surface area contributed by atoms with Gasteiger partial charge in [0.1, 0.15) is 11.6 Å². The molecule has 2 N–H and O–H groups in total. The van der Waals surface area contributed by atoms with Gasteiger partial charge in [-0.3, -0.25) is 0 Å². The predicted molar refractivity (Wildman–Crippen MR) is 59.6 cm³/mol. The smallest absolute Gasteiger partial charge is 0.136 e. The Bertz CT molecular complexity index is 329. The van der Waals surface area contributed by atoms with E-state index in [2.05, 4.69) is 28.6 Å². The molecule has 1 aliphatic rings. The van der Waals surface area contributed by atoms with Crippen LogP contribution >= 0.6 is 0 Å². The largest absolute Gasteiger partial charge is 0.328 e. The highest BCUT2D eigenvalue weighted by Gasteiger charge is 2.25. The van der Waals surface area contributed by atoms with Crippen LogP contribution in [0.25, 0.3) is 0 Å². The predicted octanol–water partition coefficient (Wildman–Crippen LogP) is 1.46. The van der Waals surface area contributed by atoms with E-state index in [9.17, 15) is 0 Å². The molecule has 0 amide bonds. The summed E-state index contributed by atoms with van der Waals surface area (Å²) in [6.45, 7) is 5.28. The Morgan fingerprint density at radius 2 is 2.33 bits per heavy atom. The number of fused-ring (bicyclic) bond motifs is 1. The molecule has 0 saturated heterocycles. The molecule has 0 radical (unpaired) electrons. The fourth-order valence-corrected chi connectivity index (χ4v) is 2.45. The van der Waals surface area contributed by atoms with Crippen LogP contribution in [-0.4, -0.2) is 20.8 Å². The zero-order valence-electron chi connectivity index (χ0n) is 9.61. The van der Waals surface area contributed by atoms with E-state index in [0.717, 1.165) is 31.0 Å². The van der Waals surface area contributed by atoms with E-state index in [1.165, 1.54) is 12.8 Å². The first-order valence-corrected chi connectivity index (χ1v) is 5.90. The Hall–Kier alpha value is -0.900. The van der Waals surface area contributed by atoms with Crippen molar-refractivity contribution >= 4 is 0 Å². The van der Waals surface area contributed by atoms with Crippen molar-refractivity contribution in [3.05, 3.63) is 11.6 Å². The van der Waals surface area contributed by atoms with Crippen LogP contribution in [0.5, 0.6) is 0 Å². The molecule has 2 heterocycles. The van der Waals surface area contributed by atoms with E-state index in [1.807, 2.05) is 0 Å². The standard InChI is InChI=1S/C11H20N4/c1-3-10-13-14-11-9(7-8(2)12)5-4-6-15(10)11/h8-9H,3-7,12H2,1-2H3. The second kappa shape index (κ2) is 4.31. The average molecular weight is 208 g/mol. The second-order valence-electron chi connectivity index (χ2n) is 4.53. The van der Waals surface area contributed by atoms with Gasteiger partial charge >= 0.3 is 0 Å². The SMILES string of the molecule is CCc1nnc2n1CCCC2CC(C)N. The molecule has 2 unspecified atom stereocenters. The van der Waals surface area contributed by atoms with Crippen molar-refractivity contribution in [2.24, 2.45) is 5.73 Å². The number of aromatic nitrogens is 3. The Balaban J connectivity index is 2.23. The summed E-state index contributed by atoms with van der Waals surface area (Å²) in [7, 11) is 0. The summed E-state index contributed by atoms with van der Waals surface area (Å²) < 4.78 is 2.29. The minimum absolute atomic E-state index is 0.253. The van der Waals surface area contributed by atoms with Crippen LogP contribution in [-0.2, 0) is 13.0 Å². The van der Waals surface area contributed by atoms with E-state index in [4.69, 9.17) is 5.73 Å². The van der Waals surface area contributed by atoms with Crippen molar-refractivity contribution in [1.29, 1.82) is 0 Å². The third-order valence-corrected chi connectivity index (χ3v) is 3.13. The van der Waals surface area contributed by atoms with E-state index >= 15 is 0 Å². The minimum atomic E-state index is 0.253. The molecular weight excluding hydrogens is 188 g/mol. The highest BCUT2D eigenvalue weighted by Crippen LogP contribution is 2.29. The molecule has 0 spiro atoms. The third kappa shape index (κ3) is 2.04. The van der Waals surface area contributed by atoms with Crippen molar-refractivity contribution in [2.45, 2.75) is 58.0 Å². The maximum atomic E-state index is 5.86. The molecule has 1 aromatic rings. The van der Waals surface area contributed by atoms with Crippen LogP contribution in [0, 0.1) is 0 Å². The number of nitrogens with two attached hydrogens (primary N) is 1. The first-order chi connectivity index (χ1) is 7.22. The number of rotatable bonds is 3. The van der Waals surface area contributed by atoms with Gasteiger partial charge in [-0.05, 0) is 26.2 Å². The molecule has 0 bridgehead atoms. The summed E-state index contributed by atoms with van der Waals surface area (Å²) in [5.41, 5.74) is 5.86. The summed E-state index contributed by atoms with van der Waals surface area (Å²) in [5.74, 6) is 2.81. The summed E-state index contributed by atoms with van der Waals surface area (Å²) in [5, 5.41) is 8.57. The van der Waals surface area contributed by atoms with Gasteiger partial charge in [-0.25, -0.2) is 0 Å². The first kappa shape index (κ1) is 10.6. The van der Waals surface area contributed by atoms with Crippen LogP contribution in [0.2, 0.25) is 0 Å². The van der Waals surface area contributed by atoms with Crippen LogP contribution in [0.15, 0.2) is 0 Å². The molecular formula is C11H20N4. The number of hydrogen-bond acceptors (Lipinski definition) is 3. The molecule has 2 atom stereocenters. The first-order valence-electron chi connectivity index (χ1n) is 5.90. The quantitative estimate of drug-likeness (QED) is 0.818. The molecule has 2 rings (SSSR count). The Morgan fingerprint density at radius 3 is 3.00 bits per heavy atom. The highest BCUT2D eigenvalue weighted by molar-refractivity contribution is 5.05. The van der Waals surface area contributed by atoms with Gasteiger partial charge in [0.2, 0.25) is 0 Å². The number of hydrogen-bond donors (Lipinski definition) is 1. The van der Waals surface area contributed by atoms with Gasteiger partial charge in [-0.15, -0.1) is 10.2 Å². The highest BCUT2D eigenvalue weighted by atomic mass is 15.3. The fraction of sp³-hybridized carbons (Fsp3) is 0.818. The zero-order chi connectivity index (χ0) is 10.8. The average Bonchev–Trinajstić information content (AvgIpc) is 2.61. The number of aryl methyl sites for hydroxylation is 1. The third-order valence-electron chi connectivity index (χ3n) is 3.13. The summed E-state index contributed by atoms with van der Waals surface area (Å²) in [6.07, 6.45) is 4.44. The zero-order valence-corrected chi connectivity index (χ0v) is 9.61. The lowest BCUT2D eigenvalue weighted by Gasteiger charge is -2.24.